The van der Waals surface area contributed by atoms with Gasteiger partial charge < -0.3 is 20.1 Å². The highest BCUT2D eigenvalue weighted by molar-refractivity contribution is 7.18. The lowest BCUT2D eigenvalue weighted by atomic mass is 9.98. The lowest BCUT2D eigenvalue weighted by Gasteiger charge is -2.33. The van der Waals surface area contributed by atoms with Gasteiger partial charge in [0.25, 0.3) is 0 Å². The van der Waals surface area contributed by atoms with Crippen molar-refractivity contribution in [2.45, 2.75) is 44.0 Å². The van der Waals surface area contributed by atoms with Crippen LogP contribution >= 0.6 is 11.3 Å². The summed E-state index contributed by atoms with van der Waals surface area (Å²) in [6.07, 6.45) is -5.95. The molecule has 11 heteroatoms. The molecular formula is C19H22F3N3O4S. The number of amides is 2. The Hall–Kier alpha value is -2.40. The maximum absolute atomic E-state index is 13.7. The average Bonchev–Trinajstić information content (AvgIpc) is 3.12. The van der Waals surface area contributed by atoms with Gasteiger partial charge in [0, 0.05) is 19.1 Å². The van der Waals surface area contributed by atoms with Gasteiger partial charge in [0.2, 0.25) is 11.5 Å². The van der Waals surface area contributed by atoms with Crippen LogP contribution in [-0.4, -0.2) is 58.9 Å². The summed E-state index contributed by atoms with van der Waals surface area (Å²) >= 11 is 0.708. The molecule has 1 fully saturated rings. The van der Waals surface area contributed by atoms with Gasteiger partial charge in [-0.2, -0.15) is 13.2 Å². The minimum atomic E-state index is -5.08. The molecule has 2 amide bonds. The molecule has 164 valence electrons. The van der Waals surface area contributed by atoms with Gasteiger partial charge in [-0.15, -0.1) is 11.3 Å². The number of piperidine rings is 1. The minimum Gasteiger partial charge on any atom is -0.450 e. The number of likely N-dealkylation sites (tertiary alicyclic amines) is 1. The van der Waals surface area contributed by atoms with E-state index in [9.17, 15) is 27.9 Å². The van der Waals surface area contributed by atoms with Crippen LogP contribution < -0.4 is 5.32 Å². The van der Waals surface area contributed by atoms with Crippen LogP contribution in [0.5, 0.6) is 0 Å². The van der Waals surface area contributed by atoms with E-state index < -0.39 is 41.2 Å². The van der Waals surface area contributed by atoms with Gasteiger partial charge in [-0.3, -0.25) is 4.79 Å². The van der Waals surface area contributed by atoms with Crippen molar-refractivity contribution in [1.29, 1.82) is 0 Å². The van der Waals surface area contributed by atoms with Crippen LogP contribution in [0.2, 0.25) is 0 Å². The summed E-state index contributed by atoms with van der Waals surface area (Å²) in [6, 6.07) is 6.05. The van der Waals surface area contributed by atoms with Gasteiger partial charge in [0.05, 0.1) is 23.2 Å². The van der Waals surface area contributed by atoms with Gasteiger partial charge in [-0.05, 0) is 31.9 Å². The molecule has 1 unspecified atom stereocenters. The fourth-order valence-electron chi connectivity index (χ4n) is 3.28. The Morgan fingerprint density at radius 1 is 1.30 bits per heavy atom. The Labute approximate surface area is 174 Å². The Morgan fingerprint density at radius 2 is 1.97 bits per heavy atom. The molecule has 2 N–H and O–H groups in total. The van der Waals surface area contributed by atoms with Gasteiger partial charge in [-0.25, -0.2) is 9.78 Å². The second-order valence-corrected chi connectivity index (χ2v) is 8.08. The molecular weight excluding hydrogens is 423 g/mol. The average molecular weight is 445 g/mol. The number of aliphatic hydroxyl groups is 1. The van der Waals surface area contributed by atoms with E-state index in [4.69, 9.17) is 4.74 Å². The van der Waals surface area contributed by atoms with Crippen LogP contribution in [0.1, 0.15) is 31.2 Å². The first-order chi connectivity index (χ1) is 14.1. The van der Waals surface area contributed by atoms with E-state index in [0.717, 1.165) is 0 Å². The Bertz CT molecular complexity index is 879. The third-order valence-electron chi connectivity index (χ3n) is 4.92. The van der Waals surface area contributed by atoms with Gasteiger partial charge in [-0.1, -0.05) is 12.1 Å². The Kier molecular flexibility index (Phi) is 6.51. The van der Waals surface area contributed by atoms with E-state index >= 15 is 0 Å². The van der Waals surface area contributed by atoms with E-state index in [1.807, 2.05) is 0 Å². The molecule has 2 aromatic rings. The maximum atomic E-state index is 13.7. The zero-order valence-corrected chi connectivity index (χ0v) is 17.1. The van der Waals surface area contributed by atoms with Crippen molar-refractivity contribution in [1.82, 2.24) is 15.2 Å². The first kappa shape index (κ1) is 22.3. The normalized spacial score (nSPS) is 17.6. The number of para-hydroxylation sites is 1. The summed E-state index contributed by atoms with van der Waals surface area (Å²) in [5, 5.41) is 12.5. The SMILES string of the molecule is CCOC(=O)N1CCC(NC(=O)CC(O)(c2nc3ccccc3s2)C(F)(F)F)CC1. The maximum Gasteiger partial charge on any atom is 0.424 e. The zero-order chi connectivity index (χ0) is 21.9. The van der Waals surface area contributed by atoms with Crippen LogP contribution in [0.4, 0.5) is 18.0 Å². The Balaban J connectivity index is 1.67. The van der Waals surface area contributed by atoms with Crippen LogP contribution in [0.3, 0.4) is 0 Å². The number of ether oxygens (including phenoxy) is 1. The van der Waals surface area contributed by atoms with Crippen molar-refractivity contribution in [3.63, 3.8) is 0 Å². The molecule has 1 aromatic carbocycles. The predicted molar refractivity (Wildman–Crippen MR) is 104 cm³/mol. The molecule has 0 bridgehead atoms. The quantitative estimate of drug-likeness (QED) is 0.738. The van der Waals surface area contributed by atoms with Crippen molar-refractivity contribution in [2.75, 3.05) is 19.7 Å². The summed E-state index contributed by atoms with van der Waals surface area (Å²) in [5.74, 6) is -0.927. The number of halogens is 3. The molecule has 0 spiro atoms. The molecule has 7 nitrogen and oxygen atoms in total. The molecule has 1 aliphatic heterocycles. The predicted octanol–water partition coefficient (Wildman–Crippen LogP) is 3.17. The largest absolute Gasteiger partial charge is 0.450 e. The van der Waals surface area contributed by atoms with Crippen molar-refractivity contribution >= 4 is 33.6 Å². The van der Waals surface area contributed by atoms with Crippen LogP contribution in [0, 0.1) is 0 Å². The number of nitrogens with one attached hydrogen (secondary N) is 1. The highest BCUT2D eigenvalue weighted by Gasteiger charge is 2.58. The number of fused-ring (bicyclic) bond motifs is 1. The van der Waals surface area contributed by atoms with Crippen molar-refractivity contribution in [3.8, 4) is 0 Å². The molecule has 1 aliphatic rings. The molecule has 30 heavy (non-hydrogen) atoms. The van der Waals surface area contributed by atoms with Crippen LogP contribution in [0.25, 0.3) is 10.2 Å². The second-order valence-electron chi connectivity index (χ2n) is 7.05. The first-order valence-electron chi connectivity index (χ1n) is 9.50. The van der Waals surface area contributed by atoms with Gasteiger partial charge in [0.1, 0.15) is 5.01 Å². The summed E-state index contributed by atoms with van der Waals surface area (Å²) in [7, 11) is 0. The smallest absolute Gasteiger partial charge is 0.424 e. The third kappa shape index (κ3) is 4.67. The summed E-state index contributed by atoms with van der Waals surface area (Å²) in [4.78, 5) is 29.5. The number of aromatic nitrogens is 1. The first-order valence-corrected chi connectivity index (χ1v) is 10.3. The Morgan fingerprint density at radius 3 is 2.57 bits per heavy atom. The number of thiazole rings is 1. The lowest BCUT2D eigenvalue weighted by Crippen LogP contribution is -2.50. The molecule has 2 heterocycles. The zero-order valence-electron chi connectivity index (χ0n) is 16.2. The van der Waals surface area contributed by atoms with E-state index in [1.165, 1.54) is 4.90 Å². The number of carbonyl (C=O) groups excluding carboxylic acids is 2. The van der Waals surface area contributed by atoms with Crippen molar-refractivity contribution in [3.05, 3.63) is 29.3 Å². The highest BCUT2D eigenvalue weighted by atomic mass is 32.1. The highest BCUT2D eigenvalue weighted by Crippen LogP contribution is 2.44. The molecule has 1 aromatic heterocycles. The van der Waals surface area contributed by atoms with Crippen LogP contribution in [-0.2, 0) is 15.1 Å². The van der Waals surface area contributed by atoms with E-state index in [2.05, 4.69) is 10.3 Å². The number of nitrogens with zero attached hydrogens (tertiary/aromatic N) is 2. The minimum absolute atomic E-state index is 0.247. The number of hydrogen-bond acceptors (Lipinski definition) is 6. The summed E-state index contributed by atoms with van der Waals surface area (Å²) in [6.45, 7) is 2.59. The van der Waals surface area contributed by atoms with Crippen molar-refractivity contribution in [2.24, 2.45) is 0 Å². The molecule has 0 aliphatic carbocycles. The fraction of sp³-hybridized carbons (Fsp3) is 0.526. The number of hydrogen-bond donors (Lipinski definition) is 2. The summed E-state index contributed by atoms with van der Waals surface area (Å²) in [5.41, 5.74) is -3.06. The summed E-state index contributed by atoms with van der Waals surface area (Å²) < 4.78 is 46.6. The number of rotatable bonds is 5. The van der Waals surface area contributed by atoms with Crippen LogP contribution in [0.15, 0.2) is 24.3 Å². The number of benzene rings is 1. The number of carbonyl (C=O) groups is 2. The third-order valence-corrected chi connectivity index (χ3v) is 6.11. The molecule has 1 atom stereocenters. The van der Waals surface area contributed by atoms with Crippen molar-refractivity contribution < 1.29 is 32.6 Å². The second kappa shape index (κ2) is 8.76. The van der Waals surface area contributed by atoms with E-state index in [0.29, 0.717) is 47.5 Å². The lowest BCUT2D eigenvalue weighted by molar-refractivity contribution is -0.267. The topological polar surface area (TPSA) is 91.8 Å². The van der Waals surface area contributed by atoms with E-state index in [1.54, 1.807) is 31.2 Å². The molecule has 1 saturated heterocycles. The van der Waals surface area contributed by atoms with E-state index in [-0.39, 0.29) is 6.61 Å². The number of alkyl halides is 3. The molecule has 0 saturated carbocycles. The monoisotopic (exact) mass is 445 g/mol. The van der Waals surface area contributed by atoms with Gasteiger partial charge in [0.15, 0.2) is 0 Å². The molecule has 3 rings (SSSR count). The van der Waals surface area contributed by atoms with Gasteiger partial charge >= 0.3 is 12.3 Å². The molecule has 0 radical (unpaired) electrons. The fourth-order valence-corrected chi connectivity index (χ4v) is 4.35. The standard InChI is InChI=1S/C19H22F3N3O4S/c1-2-29-17(27)25-9-7-12(8-10-25)23-15(26)11-18(28,19(20,21)22)16-24-13-5-3-4-6-14(13)30-16/h3-6,12,28H,2,7-11H2,1H3,(H,23,26).